The molecule has 2 aromatic rings. The first-order chi connectivity index (χ1) is 16.9. The molecule has 1 amide bonds. The first kappa shape index (κ1) is 33.8. The number of rotatable bonds is 9. The number of nitrogens with one attached hydrogen (secondary N) is 1. The number of aliphatic hydroxyl groups is 1. The standard InChI is InChI=1S/C20H25N5O4.2C2H6.CH4O/c1-5-14(3)15(9-7-6-8-13(2)11-26)23-18(27)16-10-17(19(28)29-4)25-20(24-16)21-12-22-25;3*1-2/h5-6,8,10-13,15H,7,9H2,1-4H3,(H,23,27);2*1-2H3;2H,1H3/b8-6+,14-5+;;;. The van der Waals surface area contributed by atoms with Crippen LogP contribution >= 0.6 is 0 Å². The smallest absolute Gasteiger partial charge is 0.356 e. The van der Waals surface area contributed by atoms with E-state index >= 15 is 0 Å². The van der Waals surface area contributed by atoms with Gasteiger partial charge in [-0.25, -0.2) is 9.78 Å². The van der Waals surface area contributed by atoms with Crippen molar-refractivity contribution in [2.45, 2.75) is 67.3 Å². The first-order valence-corrected chi connectivity index (χ1v) is 11.7. The third-order valence-electron chi connectivity index (χ3n) is 4.47. The molecule has 2 heterocycles. The lowest BCUT2D eigenvalue weighted by atomic mass is 10.0. The van der Waals surface area contributed by atoms with Crippen molar-refractivity contribution in [2.75, 3.05) is 14.2 Å². The van der Waals surface area contributed by atoms with Crippen LogP contribution in [0.1, 0.15) is 82.3 Å². The molecule has 35 heavy (non-hydrogen) atoms. The molecular formula is C25H41N5O5. The normalized spacial score (nSPS) is 12.1. The summed E-state index contributed by atoms with van der Waals surface area (Å²) in [5.74, 6) is -1.09. The molecule has 0 fully saturated rings. The van der Waals surface area contributed by atoms with Crippen molar-refractivity contribution in [3.8, 4) is 0 Å². The SMILES string of the molecule is C/C=C(\C)C(CC/C=C/C(C)C=O)NC(=O)c1cc(C(=O)OC)n2ncnc2n1.CC.CC.CO. The van der Waals surface area contributed by atoms with Crippen LogP contribution in [0.15, 0.2) is 36.2 Å². The fraction of sp³-hybridized carbons (Fsp3) is 0.520. The van der Waals surface area contributed by atoms with E-state index in [9.17, 15) is 14.4 Å². The second kappa shape index (κ2) is 20.0. The molecule has 0 radical (unpaired) electrons. The van der Waals surface area contributed by atoms with Crippen molar-refractivity contribution < 1.29 is 24.2 Å². The minimum Gasteiger partial charge on any atom is -0.464 e. The second-order valence-electron chi connectivity index (χ2n) is 6.55. The van der Waals surface area contributed by atoms with Crippen molar-refractivity contribution in [1.29, 1.82) is 0 Å². The maximum Gasteiger partial charge on any atom is 0.356 e. The van der Waals surface area contributed by atoms with Gasteiger partial charge in [0.15, 0.2) is 5.69 Å². The Labute approximate surface area is 208 Å². The maximum absolute atomic E-state index is 12.8. The van der Waals surface area contributed by atoms with Gasteiger partial charge in [0, 0.05) is 19.1 Å². The lowest BCUT2D eigenvalue weighted by molar-refractivity contribution is -0.109. The number of carbonyl (C=O) groups excluding carboxylic acids is 3. The highest BCUT2D eigenvalue weighted by molar-refractivity contribution is 5.96. The minimum absolute atomic E-state index is 0.0462. The monoisotopic (exact) mass is 491 g/mol. The number of fused-ring (bicyclic) bond motifs is 1. The van der Waals surface area contributed by atoms with Crippen LogP contribution in [0.3, 0.4) is 0 Å². The van der Waals surface area contributed by atoms with Gasteiger partial charge in [0.2, 0.25) is 0 Å². The van der Waals surface area contributed by atoms with Crippen molar-refractivity contribution >= 4 is 23.9 Å². The quantitative estimate of drug-likeness (QED) is 0.307. The lowest BCUT2D eigenvalue weighted by Gasteiger charge is -2.19. The summed E-state index contributed by atoms with van der Waals surface area (Å²) in [5.41, 5.74) is 1.10. The Kier molecular flexibility index (Phi) is 19.3. The van der Waals surface area contributed by atoms with Crippen molar-refractivity contribution in [3.05, 3.63) is 47.6 Å². The van der Waals surface area contributed by atoms with Crippen molar-refractivity contribution in [1.82, 2.24) is 24.9 Å². The number of nitrogens with zero attached hydrogens (tertiary/aromatic N) is 4. The van der Waals surface area contributed by atoms with Crippen LogP contribution in [0.2, 0.25) is 0 Å². The number of aliphatic hydroxyl groups excluding tert-OH is 1. The van der Waals surface area contributed by atoms with Gasteiger partial charge in [-0.15, -0.1) is 0 Å². The van der Waals surface area contributed by atoms with Gasteiger partial charge in [0.25, 0.3) is 11.7 Å². The molecule has 0 saturated carbocycles. The van der Waals surface area contributed by atoms with Crippen LogP contribution in [-0.4, -0.2) is 63.1 Å². The number of esters is 1. The predicted molar refractivity (Wildman–Crippen MR) is 137 cm³/mol. The number of aromatic nitrogens is 4. The highest BCUT2D eigenvalue weighted by atomic mass is 16.5. The molecule has 196 valence electrons. The summed E-state index contributed by atoms with van der Waals surface area (Å²) >= 11 is 0. The Balaban J connectivity index is 0. The molecule has 0 aliphatic heterocycles. The summed E-state index contributed by atoms with van der Waals surface area (Å²) < 4.78 is 5.97. The number of hydrogen-bond donors (Lipinski definition) is 2. The van der Waals surface area contributed by atoms with Crippen LogP contribution in [0, 0.1) is 5.92 Å². The van der Waals surface area contributed by atoms with E-state index in [4.69, 9.17) is 9.84 Å². The van der Waals surface area contributed by atoms with Gasteiger partial charge in [-0.1, -0.05) is 58.4 Å². The molecule has 0 aliphatic carbocycles. The highest BCUT2D eigenvalue weighted by Crippen LogP contribution is 2.12. The van der Waals surface area contributed by atoms with Gasteiger partial charge in [0.1, 0.15) is 18.3 Å². The molecule has 2 rings (SSSR count). The number of amides is 1. The second-order valence-corrected chi connectivity index (χ2v) is 6.55. The van der Waals surface area contributed by atoms with Crippen molar-refractivity contribution in [2.24, 2.45) is 5.92 Å². The summed E-state index contributed by atoms with van der Waals surface area (Å²) in [5, 5.41) is 13.9. The van der Waals surface area contributed by atoms with Crippen LogP contribution in [-0.2, 0) is 9.53 Å². The summed E-state index contributed by atoms with van der Waals surface area (Å²) in [6.45, 7) is 13.6. The van der Waals surface area contributed by atoms with Crippen LogP contribution < -0.4 is 5.32 Å². The molecule has 0 saturated heterocycles. The molecule has 10 heteroatoms. The number of allylic oxidation sites excluding steroid dienone is 3. The molecule has 0 spiro atoms. The first-order valence-electron chi connectivity index (χ1n) is 11.7. The molecule has 2 unspecified atom stereocenters. The van der Waals surface area contributed by atoms with Gasteiger partial charge in [-0.05, 0) is 26.7 Å². The van der Waals surface area contributed by atoms with E-state index in [2.05, 4.69) is 20.4 Å². The minimum atomic E-state index is -0.646. The number of methoxy groups -OCH3 is 1. The fourth-order valence-electron chi connectivity index (χ4n) is 2.64. The maximum atomic E-state index is 12.8. The Hall–Kier alpha value is -3.40. The summed E-state index contributed by atoms with van der Waals surface area (Å²) in [6.07, 6.45) is 9.16. The van der Waals surface area contributed by atoms with E-state index in [1.165, 1.54) is 24.0 Å². The number of hydrogen-bond acceptors (Lipinski definition) is 8. The van der Waals surface area contributed by atoms with Gasteiger partial charge < -0.3 is 20.0 Å². The van der Waals surface area contributed by atoms with Crippen LogP contribution in [0.5, 0.6) is 0 Å². The van der Waals surface area contributed by atoms with Gasteiger partial charge >= 0.3 is 5.97 Å². The molecule has 0 aromatic carbocycles. The molecule has 0 bridgehead atoms. The van der Waals surface area contributed by atoms with E-state index < -0.39 is 11.9 Å². The molecule has 2 N–H and O–H groups in total. The number of aldehydes is 1. The summed E-state index contributed by atoms with van der Waals surface area (Å²) in [4.78, 5) is 43.7. The van der Waals surface area contributed by atoms with E-state index in [1.807, 2.05) is 66.7 Å². The van der Waals surface area contributed by atoms with E-state index in [0.29, 0.717) is 12.8 Å². The van der Waals surface area contributed by atoms with Crippen LogP contribution in [0.25, 0.3) is 5.78 Å². The predicted octanol–water partition coefficient (Wildman–Crippen LogP) is 3.81. The van der Waals surface area contributed by atoms with Crippen molar-refractivity contribution in [3.63, 3.8) is 0 Å². The van der Waals surface area contributed by atoms with Gasteiger partial charge in [0.05, 0.1) is 13.2 Å². The lowest BCUT2D eigenvalue weighted by Crippen LogP contribution is -2.36. The third kappa shape index (κ3) is 11.0. The molecular weight excluding hydrogens is 450 g/mol. The number of carbonyl (C=O) groups is 3. The molecule has 2 atom stereocenters. The zero-order valence-electron chi connectivity index (χ0n) is 22.4. The summed E-state index contributed by atoms with van der Waals surface area (Å²) in [6, 6.07) is 1.11. The zero-order chi connectivity index (χ0) is 27.4. The van der Waals surface area contributed by atoms with Crippen LogP contribution in [0.4, 0.5) is 0 Å². The van der Waals surface area contributed by atoms with E-state index in [1.54, 1.807) is 0 Å². The third-order valence-corrected chi connectivity index (χ3v) is 4.47. The summed E-state index contributed by atoms with van der Waals surface area (Å²) in [7, 11) is 2.25. The highest BCUT2D eigenvalue weighted by Gasteiger charge is 2.21. The Morgan fingerprint density at radius 1 is 1.23 bits per heavy atom. The van der Waals surface area contributed by atoms with Gasteiger partial charge in [-0.2, -0.15) is 14.6 Å². The Morgan fingerprint density at radius 2 is 1.86 bits per heavy atom. The molecule has 10 nitrogen and oxygen atoms in total. The average Bonchev–Trinajstić information content (AvgIpc) is 3.40. The molecule has 2 aromatic heterocycles. The number of ether oxygens (including phenoxy) is 1. The fourth-order valence-corrected chi connectivity index (χ4v) is 2.64. The van der Waals surface area contributed by atoms with Gasteiger partial charge in [-0.3, -0.25) is 4.79 Å². The van der Waals surface area contributed by atoms with E-state index in [-0.39, 0.29) is 29.1 Å². The Morgan fingerprint density at radius 3 is 2.40 bits per heavy atom. The zero-order valence-corrected chi connectivity index (χ0v) is 22.4. The Bertz CT molecular complexity index is 953. The molecule has 0 aliphatic rings. The largest absolute Gasteiger partial charge is 0.464 e. The topological polar surface area (TPSA) is 136 Å². The average molecular weight is 492 g/mol. The van der Waals surface area contributed by atoms with E-state index in [0.717, 1.165) is 19.0 Å².